The number of carbonyl (C=O) groups excluding carboxylic acids is 1. The van der Waals surface area contributed by atoms with Gasteiger partial charge >= 0.3 is 0 Å². The van der Waals surface area contributed by atoms with Crippen molar-refractivity contribution in [3.8, 4) is 11.8 Å². The molecule has 0 radical (unpaired) electrons. The number of nitrogens with two attached hydrogens (primary N) is 1. The van der Waals surface area contributed by atoms with Crippen LogP contribution in [-0.2, 0) is 4.74 Å². The van der Waals surface area contributed by atoms with Crippen molar-refractivity contribution in [2.24, 2.45) is 11.7 Å². The van der Waals surface area contributed by atoms with Crippen molar-refractivity contribution in [3.05, 3.63) is 21.4 Å². The molecule has 0 spiro atoms. The summed E-state index contributed by atoms with van der Waals surface area (Å²) in [7, 11) is 1.66. The van der Waals surface area contributed by atoms with Crippen molar-refractivity contribution in [2.75, 3.05) is 26.8 Å². The zero-order valence-electron chi connectivity index (χ0n) is 11.6. The zero-order chi connectivity index (χ0) is 14.3. The van der Waals surface area contributed by atoms with Crippen molar-refractivity contribution in [1.82, 2.24) is 5.32 Å². The molecule has 5 heteroatoms. The van der Waals surface area contributed by atoms with E-state index < -0.39 is 0 Å². The van der Waals surface area contributed by atoms with Gasteiger partial charge in [0.05, 0.1) is 22.9 Å². The molecule has 4 nitrogen and oxygen atoms in total. The molecule has 104 valence electrons. The lowest BCUT2D eigenvalue weighted by molar-refractivity contribution is 0.0938. The Morgan fingerprint density at radius 2 is 2.37 bits per heavy atom. The van der Waals surface area contributed by atoms with Gasteiger partial charge in [-0.25, -0.2) is 0 Å². The highest BCUT2D eigenvalue weighted by molar-refractivity contribution is 7.14. The van der Waals surface area contributed by atoms with Crippen LogP contribution in [-0.4, -0.2) is 32.7 Å². The summed E-state index contributed by atoms with van der Waals surface area (Å²) < 4.78 is 5.03. The summed E-state index contributed by atoms with van der Waals surface area (Å²) in [5, 5.41) is 2.90. The Kier molecular flexibility index (Phi) is 6.57. The fourth-order valence-corrected chi connectivity index (χ4v) is 2.51. The number of hydrogen-bond donors (Lipinski definition) is 2. The molecule has 1 aromatic heterocycles. The Balaban J connectivity index is 2.62. The number of methoxy groups -OCH3 is 1. The number of carbonyl (C=O) groups is 1. The number of thiophene rings is 1. The van der Waals surface area contributed by atoms with Crippen LogP contribution in [0.3, 0.4) is 0 Å². The Morgan fingerprint density at radius 1 is 1.63 bits per heavy atom. The number of amides is 1. The molecule has 0 fully saturated rings. The van der Waals surface area contributed by atoms with Crippen LogP contribution in [0.1, 0.15) is 27.0 Å². The largest absolute Gasteiger partial charge is 0.384 e. The van der Waals surface area contributed by atoms with Crippen LogP contribution in [0, 0.1) is 24.7 Å². The first-order chi connectivity index (χ1) is 9.08. The van der Waals surface area contributed by atoms with Gasteiger partial charge in [-0.15, -0.1) is 11.3 Å². The predicted molar refractivity (Wildman–Crippen MR) is 78.4 cm³/mol. The molecule has 1 aromatic rings. The molecule has 1 unspecified atom stereocenters. The number of hydrogen-bond acceptors (Lipinski definition) is 4. The monoisotopic (exact) mass is 280 g/mol. The predicted octanol–water partition coefficient (Wildman–Crippen LogP) is 1.38. The van der Waals surface area contributed by atoms with E-state index in [9.17, 15) is 4.79 Å². The summed E-state index contributed by atoms with van der Waals surface area (Å²) in [6.07, 6.45) is 0. The molecule has 0 aromatic carbocycles. The van der Waals surface area contributed by atoms with Crippen molar-refractivity contribution >= 4 is 17.2 Å². The number of aryl methyl sites for hydroxylation is 1. The Labute approximate surface area is 118 Å². The molecule has 1 rings (SSSR count). The van der Waals surface area contributed by atoms with Crippen LogP contribution in [0.2, 0.25) is 0 Å². The van der Waals surface area contributed by atoms with Crippen LogP contribution in [0.15, 0.2) is 6.07 Å². The van der Waals surface area contributed by atoms with Crippen molar-refractivity contribution in [2.45, 2.75) is 13.8 Å². The molecule has 1 heterocycles. The van der Waals surface area contributed by atoms with Crippen LogP contribution < -0.4 is 11.1 Å². The molecule has 1 atom stereocenters. The lowest BCUT2D eigenvalue weighted by Crippen LogP contribution is -2.29. The number of nitrogens with one attached hydrogen (secondary N) is 1. The first-order valence-electron chi connectivity index (χ1n) is 6.15. The number of ether oxygens (including phenoxy) is 1. The highest BCUT2D eigenvalue weighted by atomic mass is 32.1. The van der Waals surface area contributed by atoms with Crippen LogP contribution in [0.5, 0.6) is 0 Å². The smallest absolute Gasteiger partial charge is 0.261 e. The van der Waals surface area contributed by atoms with Gasteiger partial charge in [-0.1, -0.05) is 18.8 Å². The average Bonchev–Trinajstić information content (AvgIpc) is 2.75. The average molecular weight is 280 g/mol. The Hall–Kier alpha value is -1.35. The summed E-state index contributed by atoms with van der Waals surface area (Å²) >= 11 is 1.40. The van der Waals surface area contributed by atoms with E-state index in [0.29, 0.717) is 30.5 Å². The first kappa shape index (κ1) is 15.7. The highest BCUT2D eigenvalue weighted by Crippen LogP contribution is 2.20. The standard InChI is InChI=1S/C14H20N2O2S/c1-10(9-18-3)8-16-14(17)13-7-11(2)12(19-13)5-4-6-15/h7,10H,6,8-9,15H2,1-3H3,(H,16,17). The van der Waals surface area contributed by atoms with Crippen molar-refractivity contribution in [1.29, 1.82) is 0 Å². The van der Waals surface area contributed by atoms with Gasteiger partial charge in [0.15, 0.2) is 0 Å². The molecule has 3 N–H and O–H groups in total. The third-order valence-corrected chi connectivity index (χ3v) is 3.66. The fraction of sp³-hybridized carbons (Fsp3) is 0.500. The van der Waals surface area contributed by atoms with E-state index in [-0.39, 0.29) is 5.91 Å². The fourth-order valence-electron chi connectivity index (χ4n) is 1.55. The van der Waals surface area contributed by atoms with E-state index in [1.54, 1.807) is 7.11 Å². The minimum Gasteiger partial charge on any atom is -0.384 e. The van der Waals surface area contributed by atoms with Gasteiger partial charge in [0.1, 0.15) is 0 Å². The second-order valence-electron chi connectivity index (χ2n) is 4.40. The van der Waals surface area contributed by atoms with E-state index >= 15 is 0 Å². The van der Waals surface area contributed by atoms with Crippen LogP contribution >= 0.6 is 11.3 Å². The topological polar surface area (TPSA) is 64.3 Å². The quantitative estimate of drug-likeness (QED) is 0.801. The normalized spacial score (nSPS) is 11.6. The molecule has 0 aliphatic heterocycles. The van der Waals surface area contributed by atoms with Gasteiger partial charge in [-0.3, -0.25) is 4.79 Å². The molecule has 0 bridgehead atoms. The second-order valence-corrected chi connectivity index (χ2v) is 5.45. The molecule has 0 saturated carbocycles. The van der Waals surface area contributed by atoms with Crippen molar-refractivity contribution in [3.63, 3.8) is 0 Å². The van der Waals surface area contributed by atoms with Gasteiger partial charge in [0.2, 0.25) is 0 Å². The summed E-state index contributed by atoms with van der Waals surface area (Å²) in [6, 6.07) is 1.86. The summed E-state index contributed by atoms with van der Waals surface area (Å²) in [5.41, 5.74) is 6.36. The van der Waals surface area contributed by atoms with Crippen molar-refractivity contribution < 1.29 is 9.53 Å². The maximum Gasteiger partial charge on any atom is 0.261 e. The lowest BCUT2D eigenvalue weighted by atomic mass is 10.2. The van der Waals surface area contributed by atoms with Crippen LogP contribution in [0.4, 0.5) is 0 Å². The highest BCUT2D eigenvalue weighted by Gasteiger charge is 2.12. The van der Waals surface area contributed by atoms with E-state index in [1.165, 1.54) is 11.3 Å². The van der Waals surface area contributed by atoms with E-state index in [2.05, 4.69) is 17.2 Å². The van der Waals surface area contributed by atoms with Gasteiger partial charge in [0, 0.05) is 13.7 Å². The van der Waals surface area contributed by atoms with Gasteiger partial charge in [-0.05, 0) is 24.5 Å². The molecule has 1 amide bonds. The third-order valence-electron chi connectivity index (χ3n) is 2.51. The molecule has 19 heavy (non-hydrogen) atoms. The Morgan fingerprint density at radius 3 is 3.00 bits per heavy atom. The van der Waals surface area contributed by atoms with Gasteiger partial charge in [0.25, 0.3) is 5.91 Å². The van der Waals surface area contributed by atoms with E-state index in [1.807, 2.05) is 19.9 Å². The zero-order valence-corrected chi connectivity index (χ0v) is 12.4. The van der Waals surface area contributed by atoms with E-state index in [0.717, 1.165) is 10.4 Å². The molecule has 0 aliphatic carbocycles. The third kappa shape index (κ3) is 5.03. The molecular formula is C14H20N2O2S. The van der Waals surface area contributed by atoms with Gasteiger partial charge in [-0.2, -0.15) is 0 Å². The second kappa shape index (κ2) is 7.95. The summed E-state index contributed by atoms with van der Waals surface area (Å²) in [5.74, 6) is 6.02. The number of rotatable bonds is 5. The van der Waals surface area contributed by atoms with Crippen LogP contribution in [0.25, 0.3) is 0 Å². The first-order valence-corrected chi connectivity index (χ1v) is 6.96. The molecular weight excluding hydrogens is 260 g/mol. The van der Waals surface area contributed by atoms with E-state index in [4.69, 9.17) is 10.5 Å². The lowest BCUT2D eigenvalue weighted by Gasteiger charge is -2.10. The maximum atomic E-state index is 12.0. The minimum atomic E-state index is -0.0585. The SMILES string of the molecule is COCC(C)CNC(=O)c1cc(C)c(C#CCN)s1. The minimum absolute atomic E-state index is 0.0585. The molecule has 0 saturated heterocycles. The van der Waals surface area contributed by atoms with Gasteiger partial charge < -0.3 is 15.8 Å². The Bertz CT molecular complexity index is 485. The molecule has 0 aliphatic rings. The maximum absolute atomic E-state index is 12.0. The summed E-state index contributed by atoms with van der Waals surface area (Å²) in [4.78, 5) is 13.6. The summed E-state index contributed by atoms with van der Waals surface area (Å²) in [6.45, 7) is 5.54.